The SMILES string of the molecule is CSc1cc2c3c(c1)N(SC)c1cc4c(cc1B3c1cc3c(cc1O2)N(SC)c1cc(SC)cc2c1B3c1cccc3c5ccccc5n-2c13)B1c2c(cc(SC)cc2-n2c3ccccc3c3cccc1c32)N4. The molecule has 11 aromatic rings. The molecule has 0 atom stereocenters. The predicted molar refractivity (Wildman–Crippen MR) is 325 cm³/mol. The molecule has 6 aliphatic heterocycles. The van der Waals surface area contributed by atoms with E-state index < -0.39 is 0 Å². The van der Waals surface area contributed by atoms with Crippen LogP contribution in [0.3, 0.4) is 0 Å². The largest absolute Gasteiger partial charge is 0.458 e. The minimum absolute atomic E-state index is 0.0129. The summed E-state index contributed by atoms with van der Waals surface area (Å²) in [5.41, 5.74) is 26.7. The summed E-state index contributed by atoms with van der Waals surface area (Å²) in [6.45, 7) is -0.0459. The van der Waals surface area contributed by atoms with Gasteiger partial charge < -0.3 is 19.2 Å². The molecule has 0 aliphatic carbocycles. The van der Waals surface area contributed by atoms with E-state index in [-0.39, 0.29) is 20.1 Å². The summed E-state index contributed by atoms with van der Waals surface area (Å²) in [6, 6.07) is 56.3. The number of hydrogen-bond acceptors (Lipinski definition) is 9. The molecule has 14 heteroatoms. The van der Waals surface area contributed by atoms with E-state index in [0.717, 1.165) is 11.5 Å². The number of nitrogens with zero attached hydrogens (tertiary/aromatic N) is 4. The van der Waals surface area contributed by atoms with Gasteiger partial charge in [-0.3, -0.25) is 8.61 Å². The Kier molecular flexibility index (Phi) is 8.62. The maximum atomic E-state index is 7.37. The van der Waals surface area contributed by atoms with Gasteiger partial charge in [-0.05, 0) is 146 Å². The number of thioether (sulfide) groups is 3. The zero-order valence-corrected chi connectivity index (χ0v) is 44.4. The molecule has 346 valence electrons. The average Bonchev–Trinajstić information content (AvgIpc) is 3.96. The molecule has 0 bridgehead atoms. The van der Waals surface area contributed by atoms with Crippen LogP contribution in [0.4, 0.5) is 34.1 Å². The van der Waals surface area contributed by atoms with Crippen LogP contribution in [0.1, 0.15) is 0 Å². The first-order chi connectivity index (χ1) is 36.0. The number of anilines is 6. The Morgan fingerprint density at radius 1 is 0.384 bits per heavy atom. The molecule has 17 rings (SSSR count). The first-order valence-electron chi connectivity index (χ1n) is 24.7. The number of hydrogen-bond donors (Lipinski definition) is 1. The highest BCUT2D eigenvalue weighted by Crippen LogP contribution is 2.47. The summed E-state index contributed by atoms with van der Waals surface area (Å²) in [5, 5.41) is 9.29. The molecule has 0 unspecified atom stereocenters. The van der Waals surface area contributed by atoms with Crippen LogP contribution in [-0.4, -0.2) is 60.6 Å². The quantitative estimate of drug-likeness (QED) is 0.103. The summed E-state index contributed by atoms with van der Waals surface area (Å²) >= 11 is 8.96. The lowest BCUT2D eigenvalue weighted by molar-refractivity contribution is 0.486. The molecule has 1 N–H and O–H groups in total. The Morgan fingerprint density at radius 2 is 0.890 bits per heavy atom. The van der Waals surface area contributed by atoms with Crippen molar-refractivity contribution in [2.45, 2.75) is 14.7 Å². The predicted octanol–water partition coefficient (Wildman–Crippen LogP) is 9.84. The number of ether oxygens (including phenoxy) is 1. The molecule has 0 saturated carbocycles. The summed E-state index contributed by atoms with van der Waals surface area (Å²) in [6.07, 6.45) is 11.0. The molecule has 0 saturated heterocycles. The molecule has 0 fully saturated rings. The van der Waals surface area contributed by atoms with Gasteiger partial charge in [0.15, 0.2) is 0 Å². The molecule has 0 amide bonds. The standard InChI is InChI=1S/C59H40B3N5OS5/c1-69-30-20-44-55-49(21-30)64-45-18-8-6-12-33(45)35-14-10-16-37(58(35)64)60(55)39-26-40-47(28-43(39)63-44)66(72-4)52-24-32(71-3)25-54-57(52)62(40)42-27-41-48(29-53(42)68-54)67(73-5)51-23-31(70-2)22-50-56(51)61(41)38-17-11-15-36-34-13-7-9-19-46(34)65(50)59(36)38/h6-29,63H,1-5H3. The first kappa shape index (κ1) is 42.1. The van der Waals surface area contributed by atoms with Gasteiger partial charge in [-0.2, -0.15) is 0 Å². The van der Waals surface area contributed by atoms with Crippen molar-refractivity contribution >= 4 is 206 Å². The Labute approximate surface area is 445 Å². The second-order valence-electron chi connectivity index (χ2n) is 19.9. The summed E-state index contributed by atoms with van der Waals surface area (Å²) in [5.74, 6) is 1.87. The van der Waals surface area contributed by atoms with Gasteiger partial charge in [-0.25, -0.2) is 0 Å². The Bertz CT molecular complexity index is 4400. The minimum Gasteiger partial charge on any atom is -0.458 e. The summed E-state index contributed by atoms with van der Waals surface area (Å²) in [7, 11) is 0. The van der Waals surface area contributed by atoms with E-state index in [2.05, 4.69) is 200 Å². The molecular weight excluding hydrogens is 987 g/mol. The van der Waals surface area contributed by atoms with E-state index in [1.165, 1.54) is 153 Å². The normalized spacial score (nSPS) is 14.5. The number of para-hydroxylation sites is 4. The molecular formula is C59H40B3N5OS5. The zero-order chi connectivity index (χ0) is 48.3. The Balaban J connectivity index is 0.945. The van der Waals surface area contributed by atoms with Crippen molar-refractivity contribution in [3.05, 3.63) is 146 Å². The van der Waals surface area contributed by atoms with Gasteiger partial charge in [-0.1, -0.05) is 84.9 Å². The number of rotatable bonds is 5. The number of fused-ring (bicyclic) bond motifs is 18. The average molecular weight is 1030 g/mol. The van der Waals surface area contributed by atoms with Crippen molar-refractivity contribution in [1.82, 2.24) is 9.13 Å². The lowest BCUT2D eigenvalue weighted by Gasteiger charge is -2.43. The van der Waals surface area contributed by atoms with Crippen molar-refractivity contribution in [2.75, 3.05) is 45.2 Å². The fraction of sp³-hybridized carbons (Fsp3) is 0.0847. The fourth-order valence-corrected chi connectivity index (χ4v) is 16.8. The summed E-state index contributed by atoms with van der Waals surface area (Å²) < 4.78 is 17.4. The smallest absolute Gasteiger partial charge is 0.256 e. The van der Waals surface area contributed by atoms with Gasteiger partial charge in [0, 0.05) is 94.3 Å². The van der Waals surface area contributed by atoms with Crippen LogP contribution >= 0.6 is 59.2 Å². The monoisotopic (exact) mass is 1030 g/mol. The molecule has 73 heavy (non-hydrogen) atoms. The van der Waals surface area contributed by atoms with E-state index in [1.807, 2.05) is 23.5 Å². The molecule has 0 spiro atoms. The Morgan fingerprint density at radius 3 is 1.52 bits per heavy atom. The van der Waals surface area contributed by atoms with Crippen molar-refractivity contribution in [1.29, 1.82) is 0 Å². The van der Waals surface area contributed by atoms with E-state index in [4.69, 9.17) is 4.74 Å². The third kappa shape index (κ3) is 5.24. The topological polar surface area (TPSA) is 37.6 Å². The molecule has 6 aliphatic rings. The van der Waals surface area contributed by atoms with E-state index in [0.29, 0.717) is 0 Å². The van der Waals surface area contributed by atoms with Crippen LogP contribution in [0, 0.1) is 0 Å². The van der Waals surface area contributed by atoms with Crippen LogP contribution in [0.25, 0.3) is 55.0 Å². The first-order valence-corrected chi connectivity index (χ1v) is 30.7. The van der Waals surface area contributed by atoms with Crippen LogP contribution in [0.15, 0.2) is 160 Å². The molecule has 6 nitrogen and oxygen atoms in total. The van der Waals surface area contributed by atoms with E-state index in [9.17, 15) is 0 Å². The second kappa shape index (κ2) is 14.9. The molecule has 0 radical (unpaired) electrons. The van der Waals surface area contributed by atoms with E-state index >= 15 is 0 Å². The number of benzene rings is 9. The van der Waals surface area contributed by atoms with Crippen LogP contribution < -0.4 is 67.8 Å². The van der Waals surface area contributed by atoms with Crippen molar-refractivity contribution in [3.63, 3.8) is 0 Å². The van der Waals surface area contributed by atoms with E-state index in [1.54, 1.807) is 35.7 Å². The highest BCUT2D eigenvalue weighted by atomic mass is 32.2. The molecule has 9 aromatic carbocycles. The van der Waals surface area contributed by atoms with Crippen LogP contribution in [0.5, 0.6) is 11.5 Å². The third-order valence-electron chi connectivity index (χ3n) is 16.8. The lowest BCUT2D eigenvalue weighted by atomic mass is 9.29. The highest BCUT2D eigenvalue weighted by molar-refractivity contribution is 8.00. The fourth-order valence-electron chi connectivity index (χ4n) is 14.0. The number of aromatic nitrogens is 2. The highest BCUT2D eigenvalue weighted by Gasteiger charge is 2.48. The van der Waals surface area contributed by atoms with Gasteiger partial charge in [-0.15, -0.1) is 35.3 Å². The van der Waals surface area contributed by atoms with Crippen molar-refractivity contribution in [2.24, 2.45) is 0 Å². The van der Waals surface area contributed by atoms with Crippen LogP contribution in [-0.2, 0) is 0 Å². The van der Waals surface area contributed by atoms with Crippen LogP contribution in [0.2, 0.25) is 0 Å². The minimum atomic E-state index is -0.0856. The maximum absolute atomic E-state index is 7.37. The van der Waals surface area contributed by atoms with Crippen molar-refractivity contribution in [3.8, 4) is 22.9 Å². The van der Waals surface area contributed by atoms with Gasteiger partial charge in [0.25, 0.3) is 20.1 Å². The van der Waals surface area contributed by atoms with Gasteiger partial charge in [0.05, 0.1) is 28.1 Å². The number of nitrogens with one attached hydrogen (secondary N) is 1. The molecule has 8 heterocycles. The lowest BCUT2D eigenvalue weighted by Crippen LogP contribution is -2.65. The van der Waals surface area contributed by atoms with Gasteiger partial charge in [0.2, 0.25) is 0 Å². The van der Waals surface area contributed by atoms with Gasteiger partial charge in [0.1, 0.15) is 11.5 Å². The summed E-state index contributed by atoms with van der Waals surface area (Å²) in [4.78, 5) is 3.69. The van der Waals surface area contributed by atoms with Crippen molar-refractivity contribution < 1.29 is 4.74 Å². The molecule has 2 aromatic heterocycles. The third-order valence-corrected chi connectivity index (χ3v) is 20.4. The maximum Gasteiger partial charge on any atom is 0.256 e. The Hall–Kier alpha value is -6.28. The van der Waals surface area contributed by atoms with Gasteiger partial charge >= 0.3 is 0 Å². The zero-order valence-electron chi connectivity index (χ0n) is 40.3. The second-order valence-corrected chi connectivity index (χ2v) is 24.0.